The summed E-state index contributed by atoms with van der Waals surface area (Å²) in [6.45, 7) is 5.80. The van der Waals surface area contributed by atoms with E-state index in [2.05, 4.69) is 17.1 Å². The molecule has 2 fully saturated rings. The Morgan fingerprint density at radius 1 is 1.47 bits per heavy atom. The Labute approximate surface area is 104 Å². The monoisotopic (exact) mass is 239 g/mol. The zero-order valence-corrected chi connectivity index (χ0v) is 11.0. The van der Waals surface area contributed by atoms with Gasteiger partial charge in [0.05, 0.1) is 6.04 Å². The third-order valence-corrected chi connectivity index (χ3v) is 4.37. The van der Waals surface area contributed by atoms with Crippen molar-refractivity contribution in [1.29, 1.82) is 0 Å². The molecule has 0 radical (unpaired) electrons. The van der Waals surface area contributed by atoms with E-state index in [0.29, 0.717) is 6.04 Å². The van der Waals surface area contributed by atoms with E-state index in [1.165, 1.54) is 12.8 Å². The predicted octanol–water partition coefficient (Wildman–Crippen LogP) is 0.857. The smallest absolute Gasteiger partial charge is 0.237 e. The third kappa shape index (κ3) is 2.80. The van der Waals surface area contributed by atoms with Crippen molar-refractivity contribution in [3.05, 3.63) is 0 Å². The van der Waals surface area contributed by atoms with E-state index in [1.807, 2.05) is 6.92 Å². The topological polar surface area (TPSA) is 58.4 Å². The molecule has 1 saturated carbocycles. The van der Waals surface area contributed by atoms with Gasteiger partial charge in [0.2, 0.25) is 5.91 Å². The van der Waals surface area contributed by atoms with E-state index < -0.39 is 0 Å². The number of hydrogen-bond acceptors (Lipinski definition) is 3. The van der Waals surface area contributed by atoms with Gasteiger partial charge in [-0.3, -0.25) is 9.69 Å². The molecule has 1 unspecified atom stereocenters. The van der Waals surface area contributed by atoms with Gasteiger partial charge < -0.3 is 11.1 Å². The summed E-state index contributed by atoms with van der Waals surface area (Å²) in [7, 11) is 0. The summed E-state index contributed by atoms with van der Waals surface area (Å²) < 4.78 is 0. The lowest BCUT2D eigenvalue weighted by Crippen LogP contribution is -2.70. The number of carbonyl (C=O) groups excluding carboxylic acids is 1. The average Bonchev–Trinajstić information content (AvgIpc) is 2.76. The van der Waals surface area contributed by atoms with Crippen molar-refractivity contribution in [3.8, 4) is 0 Å². The molecule has 4 heteroatoms. The van der Waals surface area contributed by atoms with Crippen LogP contribution >= 0.6 is 0 Å². The number of nitrogens with zero attached hydrogens (tertiary/aromatic N) is 1. The normalized spacial score (nSPS) is 26.5. The summed E-state index contributed by atoms with van der Waals surface area (Å²) in [6, 6.07) is 0.388. The molecule has 0 spiro atoms. The molecule has 0 aromatic heterocycles. The van der Waals surface area contributed by atoms with Crippen molar-refractivity contribution in [2.75, 3.05) is 13.1 Å². The molecule has 98 valence electrons. The van der Waals surface area contributed by atoms with Crippen LogP contribution in [-0.4, -0.2) is 41.5 Å². The number of nitrogens with two attached hydrogens (primary N) is 1. The summed E-state index contributed by atoms with van der Waals surface area (Å²) in [4.78, 5) is 14.2. The molecule has 1 amide bonds. The first-order valence-corrected chi connectivity index (χ1v) is 6.87. The van der Waals surface area contributed by atoms with Crippen molar-refractivity contribution >= 4 is 5.91 Å². The number of carbonyl (C=O) groups is 1. The van der Waals surface area contributed by atoms with Crippen LogP contribution in [0.1, 0.15) is 46.0 Å². The van der Waals surface area contributed by atoms with E-state index in [4.69, 9.17) is 5.73 Å². The minimum Gasteiger partial charge on any atom is -0.352 e. The van der Waals surface area contributed by atoms with Gasteiger partial charge in [-0.2, -0.15) is 0 Å². The van der Waals surface area contributed by atoms with E-state index in [1.54, 1.807) is 0 Å². The van der Waals surface area contributed by atoms with Crippen LogP contribution in [0.4, 0.5) is 0 Å². The quantitative estimate of drug-likeness (QED) is 0.765. The number of rotatable bonds is 4. The fourth-order valence-electron chi connectivity index (χ4n) is 2.82. The molecule has 0 bridgehead atoms. The van der Waals surface area contributed by atoms with Crippen molar-refractivity contribution in [2.45, 2.75) is 63.6 Å². The summed E-state index contributed by atoms with van der Waals surface area (Å²) in [5, 5.41) is 3.15. The van der Waals surface area contributed by atoms with Crippen LogP contribution in [-0.2, 0) is 4.79 Å². The van der Waals surface area contributed by atoms with Crippen LogP contribution in [0.25, 0.3) is 0 Å². The van der Waals surface area contributed by atoms with Crippen LogP contribution < -0.4 is 11.1 Å². The highest BCUT2D eigenvalue weighted by molar-refractivity contribution is 5.81. The summed E-state index contributed by atoms with van der Waals surface area (Å²) in [6.07, 6.45) is 5.79. The van der Waals surface area contributed by atoms with Crippen molar-refractivity contribution in [3.63, 3.8) is 0 Å². The van der Waals surface area contributed by atoms with Gasteiger partial charge in [-0.25, -0.2) is 0 Å². The fourth-order valence-corrected chi connectivity index (χ4v) is 2.82. The molecular formula is C13H25N3O. The number of hydrogen-bond donors (Lipinski definition) is 2. The third-order valence-electron chi connectivity index (χ3n) is 4.37. The van der Waals surface area contributed by atoms with Gasteiger partial charge in [0.1, 0.15) is 0 Å². The molecule has 3 N–H and O–H groups in total. The van der Waals surface area contributed by atoms with Gasteiger partial charge in [0, 0.05) is 24.7 Å². The predicted molar refractivity (Wildman–Crippen MR) is 68.6 cm³/mol. The molecule has 2 rings (SSSR count). The molecule has 17 heavy (non-hydrogen) atoms. The second-order valence-corrected chi connectivity index (χ2v) is 5.79. The van der Waals surface area contributed by atoms with Crippen LogP contribution in [0, 0.1) is 0 Å². The van der Waals surface area contributed by atoms with Crippen LogP contribution in [0.3, 0.4) is 0 Å². The Morgan fingerprint density at radius 3 is 2.59 bits per heavy atom. The zero-order chi connectivity index (χ0) is 12.5. The van der Waals surface area contributed by atoms with E-state index in [9.17, 15) is 4.79 Å². The van der Waals surface area contributed by atoms with Crippen molar-refractivity contribution < 1.29 is 4.79 Å². The highest BCUT2D eigenvalue weighted by atomic mass is 16.2. The van der Waals surface area contributed by atoms with Gasteiger partial charge in [-0.15, -0.1) is 0 Å². The minimum absolute atomic E-state index is 0.0289. The van der Waals surface area contributed by atoms with Crippen LogP contribution in [0.5, 0.6) is 0 Å². The summed E-state index contributed by atoms with van der Waals surface area (Å²) in [5.74, 6) is 0.176. The van der Waals surface area contributed by atoms with Crippen molar-refractivity contribution in [1.82, 2.24) is 10.2 Å². The average molecular weight is 239 g/mol. The maximum absolute atomic E-state index is 12.0. The van der Waals surface area contributed by atoms with Crippen LogP contribution in [0.2, 0.25) is 0 Å². The van der Waals surface area contributed by atoms with Gasteiger partial charge in [0.25, 0.3) is 0 Å². The summed E-state index contributed by atoms with van der Waals surface area (Å²) in [5.41, 5.74) is 6.07. The first-order chi connectivity index (χ1) is 8.04. The molecule has 1 aliphatic heterocycles. The maximum Gasteiger partial charge on any atom is 0.237 e. The number of amides is 1. The number of nitrogens with one attached hydrogen (secondary N) is 1. The molecule has 2 aliphatic rings. The summed E-state index contributed by atoms with van der Waals surface area (Å²) >= 11 is 0. The highest BCUT2D eigenvalue weighted by Crippen LogP contribution is 2.24. The first kappa shape index (κ1) is 12.8. The molecule has 4 nitrogen and oxygen atoms in total. The molecule has 1 aliphatic carbocycles. The minimum atomic E-state index is -0.0537. The van der Waals surface area contributed by atoms with E-state index in [-0.39, 0.29) is 17.5 Å². The Bertz CT molecular complexity index is 280. The lowest BCUT2D eigenvalue weighted by Gasteiger charge is -2.49. The van der Waals surface area contributed by atoms with Crippen molar-refractivity contribution in [2.24, 2.45) is 5.73 Å². The van der Waals surface area contributed by atoms with Gasteiger partial charge in [-0.05, 0) is 26.2 Å². The Morgan fingerprint density at radius 2 is 2.06 bits per heavy atom. The zero-order valence-electron chi connectivity index (χ0n) is 11.0. The van der Waals surface area contributed by atoms with E-state index >= 15 is 0 Å². The number of likely N-dealkylation sites (tertiary alicyclic amines) is 1. The Balaban J connectivity index is 1.76. The van der Waals surface area contributed by atoms with Gasteiger partial charge in [0.15, 0.2) is 0 Å². The van der Waals surface area contributed by atoms with E-state index in [0.717, 1.165) is 32.4 Å². The molecule has 1 heterocycles. The molecule has 0 aromatic carbocycles. The molecule has 1 saturated heterocycles. The highest BCUT2D eigenvalue weighted by Gasteiger charge is 2.41. The largest absolute Gasteiger partial charge is 0.352 e. The van der Waals surface area contributed by atoms with Crippen LogP contribution in [0.15, 0.2) is 0 Å². The Kier molecular flexibility index (Phi) is 3.73. The molecule has 0 aromatic rings. The maximum atomic E-state index is 12.0. The van der Waals surface area contributed by atoms with Gasteiger partial charge in [-0.1, -0.05) is 19.8 Å². The Hall–Kier alpha value is -0.610. The van der Waals surface area contributed by atoms with Gasteiger partial charge >= 0.3 is 0 Å². The molecule has 1 atom stereocenters. The lowest BCUT2D eigenvalue weighted by molar-refractivity contribution is -0.129. The second kappa shape index (κ2) is 4.94. The molecular weight excluding hydrogens is 214 g/mol. The first-order valence-electron chi connectivity index (χ1n) is 6.87. The fraction of sp³-hybridized carbons (Fsp3) is 0.923. The SMILES string of the molecule is CCC1(N)CN(C(C)C(=O)NC2CCCC2)C1. The standard InChI is InChI=1S/C13H25N3O/c1-3-13(14)8-16(9-13)10(2)12(17)15-11-6-4-5-7-11/h10-11H,3-9,14H2,1-2H3,(H,15,17). The lowest BCUT2D eigenvalue weighted by atomic mass is 9.87. The second-order valence-electron chi connectivity index (χ2n) is 5.79.